The molecule has 1 aromatic carbocycles. The second-order valence-electron chi connectivity index (χ2n) is 12.9. The summed E-state index contributed by atoms with van der Waals surface area (Å²) in [6.45, 7) is 4.20. The lowest BCUT2D eigenvalue weighted by Gasteiger charge is -2.36. The molecule has 2 aliphatic heterocycles. The van der Waals surface area contributed by atoms with Gasteiger partial charge in [-0.3, -0.25) is 4.79 Å². The van der Waals surface area contributed by atoms with E-state index in [1.807, 2.05) is 25.1 Å². The van der Waals surface area contributed by atoms with Crippen LogP contribution in [0.25, 0.3) is 11.0 Å². The number of hydrogen-bond acceptors (Lipinski definition) is 8. The molecular weight excluding hydrogens is 536 g/mol. The van der Waals surface area contributed by atoms with Crippen LogP contribution in [0.15, 0.2) is 18.2 Å². The predicted molar refractivity (Wildman–Crippen MR) is 155 cm³/mol. The lowest BCUT2D eigenvalue weighted by Crippen LogP contribution is -2.57. The van der Waals surface area contributed by atoms with Crippen LogP contribution in [-0.2, 0) is 20.7 Å². The van der Waals surface area contributed by atoms with Crippen molar-refractivity contribution in [1.82, 2.24) is 20.2 Å². The Hall–Kier alpha value is -3.43. The zero-order chi connectivity index (χ0) is 29.4. The molecule has 2 aromatic rings. The van der Waals surface area contributed by atoms with E-state index in [1.165, 1.54) is 0 Å². The maximum absolute atomic E-state index is 14.2. The number of rotatable bonds is 3. The molecule has 42 heavy (non-hydrogen) atoms. The van der Waals surface area contributed by atoms with E-state index >= 15 is 0 Å². The molecule has 2 aliphatic carbocycles. The summed E-state index contributed by atoms with van der Waals surface area (Å²) in [4.78, 5) is 51.1. The zero-order valence-corrected chi connectivity index (χ0v) is 24.8. The number of carbonyl (C=O) groups excluding carboxylic acids is 3. The Morgan fingerprint density at radius 3 is 2.62 bits per heavy atom. The monoisotopic (exact) mass is 578 g/mol. The van der Waals surface area contributed by atoms with Gasteiger partial charge in [-0.1, -0.05) is 39.5 Å². The molecule has 3 fully saturated rings. The molecule has 2 saturated carbocycles. The third-order valence-corrected chi connectivity index (χ3v) is 10.0. The number of aldehydes is 1. The fourth-order valence-corrected chi connectivity index (χ4v) is 7.15. The average Bonchev–Trinajstić information content (AvgIpc) is 3.41. The van der Waals surface area contributed by atoms with Crippen molar-refractivity contribution in [3.05, 3.63) is 23.9 Å². The van der Waals surface area contributed by atoms with E-state index in [1.54, 1.807) is 12.0 Å². The van der Waals surface area contributed by atoms with Crippen LogP contribution in [-0.4, -0.2) is 71.1 Å². The summed E-state index contributed by atoms with van der Waals surface area (Å²) >= 11 is 0. The fourth-order valence-electron chi connectivity index (χ4n) is 7.15. The van der Waals surface area contributed by atoms with Gasteiger partial charge in [0.25, 0.3) is 0 Å². The maximum Gasteiger partial charge on any atom is 0.408 e. The van der Waals surface area contributed by atoms with Gasteiger partial charge in [0.1, 0.15) is 36.0 Å². The van der Waals surface area contributed by atoms with Crippen LogP contribution >= 0.6 is 0 Å². The van der Waals surface area contributed by atoms with Crippen LogP contribution in [0.1, 0.15) is 77.3 Å². The molecule has 6 atom stereocenters. The summed E-state index contributed by atoms with van der Waals surface area (Å²) in [5.41, 5.74) is 1.80. The number of aromatic nitrogens is 2. The van der Waals surface area contributed by atoms with Crippen LogP contribution in [0.2, 0.25) is 0 Å². The fraction of sp³-hybridized carbons (Fsp3) is 0.656. The minimum absolute atomic E-state index is 0.0988. The Morgan fingerprint density at radius 1 is 1.05 bits per heavy atom. The number of carbonyl (C=O) groups is 3. The summed E-state index contributed by atoms with van der Waals surface area (Å²) in [5.74, 6) is 0.949. The van der Waals surface area contributed by atoms with Crippen LogP contribution in [0.4, 0.5) is 4.79 Å². The molecule has 3 heterocycles. The SMILES string of the molecule is COc1ccc2nc3c(nc2c1)O[C@H]1CN(C(=O)[C@H](C2(C)CCCC2)NC(=O)O[C@@H]2C[C@H]2CCCCC3)[C@H](C=O)[C@@H]1C. The van der Waals surface area contributed by atoms with Crippen molar-refractivity contribution in [2.24, 2.45) is 17.3 Å². The highest BCUT2D eigenvalue weighted by Crippen LogP contribution is 2.43. The van der Waals surface area contributed by atoms with E-state index in [0.717, 1.165) is 75.3 Å². The van der Waals surface area contributed by atoms with Crippen LogP contribution < -0.4 is 14.8 Å². The summed E-state index contributed by atoms with van der Waals surface area (Å²) in [6, 6.07) is 4.15. The van der Waals surface area contributed by atoms with Crippen LogP contribution in [0, 0.1) is 17.3 Å². The second kappa shape index (κ2) is 11.7. The summed E-state index contributed by atoms with van der Waals surface area (Å²) in [5, 5.41) is 2.96. The van der Waals surface area contributed by atoms with Crippen molar-refractivity contribution in [3.63, 3.8) is 0 Å². The number of nitrogens with one attached hydrogen (secondary N) is 1. The molecule has 10 nitrogen and oxygen atoms in total. The number of alkyl carbamates (subject to hydrolysis) is 1. The number of hydrogen-bond donors (Lipinski definition) is 1. The highest BCUT2D eigenvalue weighted by atomic mass is 16.6. The third kappa shape index (κ3) is 5.64. The smallest absolute Gasteiger partial charge is 0.408 e. The number of nitrogens with zero attached hydrogens (tertiary/aromatic N) is 3. The molecule has 1 aromatic heterocycles. The van der Waals surface area contributed by atoms with Gasteiger partial charge in [0, 0.05) is 12.0 Å². The molecule has 226 valence electrons. The van der Waals surface area contributed by atoms with Crippen molar-refractivity contribution in [2.75, 3.05) is 13.7 Å². The molecule has 2 bridgehead atoms. The van der Waals surface area contributed by atoms with E-state index in [-0.39, 0.29) is 24.5 Å². The normalized spacial score (nSPS) is 31.5. The Labute approximate surface area is 246 Å². The van der Waals surface area contributed by atoms with Crippen LogP contribution in [0.3, 0.4) is 0 Å². The van der Waals surface area contributed by atoms with Gasteiger partial charge in [-0.25, -0.2) is 14.8 Å². The van der Waals surface area contributed by atoms with Crippen molar-refractivity contribution in [2.45, 2.75) is 102 Å². The van der Waals surface area contributed by atoms with Crippen molar-refractivity contribution in [1.29, 1.82) is 0 Å². The third-order valence-electron chi connectivity index (χ3n) is 10.0. The summed E-state index contributed by atoms with van der Waals surface area (Å²) in [7, 11) is 1.61. The van der Waals surface area contributed by atoms with Gasteiger partial charge < -0.3 is 29.2 Å². The number of fused-ring (bicyclic) bond motifs is 5. The lowest BCUT2D eigenvalue weighted by molar-refractivity contribution is -0.140. The largest absolute Gasteiger partial charge is 0.497 e. The first-order valence-corrected chi connectivity index (χ1v) is 15.5. The van der Waals surface area contributed by atoms with Crippen molar-refractivity contribution >= 4 is 29.3 Å². The standard InChI is InChI=1S/C32H42N4O6/c1-19-25(18-37)36-17-27(19)41-29-23(33-22-12-11-21(40-3)16-24(22)34-29)10-6-4-5-9-20-15-26(20)42-31(39)35-28(30(36)38)32(2)13-7-8-14-32/h11-12,16,18-20,25-28H,4-10,13-15,17H2,1-3H3,(H,35,39)/t19-,20+,25+,26+,27-,28+/m0/s1. The first-order valence-electron chi connectivity index (χ1n) is 15.5. The minimum Gasteiger partial charge on any atom is -0.497 e. The molecule has 2 amide bonds. The number of ether oxygens (including phenoxy) is 3. The van der Waals surface area contributed by atoms with Gasteiger partial charge in [0.05, 0.1) is 30.7 Å². The predicted octanol–water partition coefficient (Wildman–Crippen LogP) is 4.61. The minimum atomic E-state index is -0.777. The van der Waals surface area contributed by atoms with Gasteiger partial charge in [-0.15, -0.1) is 0 Å². The van der Waals surface area contributed by atoms with E-state index in [2.05, 4.69) is 12.2 Å². The average molecular weight is 579 g/mol. The van der Waals surface area contributed by atoms with Gasteiger partial charge in [-0.2, -0.15) is 0 Å². The first kappa shape index (κ1) is 28.7. The molecule has 0 spiro atoms. The van der Waals surface area contributed by atoms with Gasteiger partial charge in [-0.05, 0) is 62.0 Å². The van der Waals surface area contributed by atoms with E-state index in [4.69, 9.17) is 24.2 Å². The number of aryl methyl sites for hydroxylation is 1. The summed E-state index contributed by atoms with van der Waals surface area (Å²) < 4.78 is 17.7. The Kier molecular flexibility index (Phi) is 7.98. The van der Waals surface area contributed by atoms with Crippen molar-refractivity contribution < 1.29 is 28.6 Å². The van der Waals surface area contributed by atoms with Gasteiger partial charge in [0.2, 0.25) is 11.8 Å². The quantitative estimate of drug-likeness (QED) is 0.525. The first-order chi connectivity index (χ1) is 20.3. The Balaban J connectivity index is 1.34. The Morgan fingerprint density at radius 2 is 1.86 bits per heavy atom. The van der Waals surface area contributed by atoms with Gasteiger partial charge >= 0.3 is 6.09 Å². The summed E-state index contributed by atoms with van der Waals surface area (Å²) in [6.07, 6.45) is 8.91. The molecule has 0 unspecified atom stereocenters. The highest BCUT2D eigenvalue weighted by molar-refractivity contribution is 5.89. The second-order valence-corrected chi connectivity index (χ2v) is 12.9. The number of benzene rings is 1. The Bertz CT molecular complexity index is 1340. The number of methoxy groups -OCH3 is 1. The maximum atomic E-state index is 14.2. The molecule has 6 rings (SSSR count). The molecule has 1 N–H and O–H groups in total. The molecule has 4 aliphatic rings. The van der Waals surface area contributed by atoms with Crippen molar-refractivity contribution in [3.8, 4) is 11.6 Å². The highest BCUT2D eigenvalue weighted by Gasteiger charge is 2.50. The zero-order valence-electron chi connectivity index (χ0n) is 24.8. The van der Waals surface area contributed by atoms with E-state index in [9.17, 15) is 14.4 Å². The molecule has 0 radical (unpaired) electrons. The van der Waals surface area contributed by atoms with Crippen LogP contribution in [0.5, 0.6) is 11.6 Å². The lowest BCUT2D eigenvalue weighted by atomic mass is 9.79. The topological polar surface area (TPSA) is 120 Å². The van der Waals surface area contributed by atoms with E-state index < -0.39 is 29.7 Å². The molecular formula is C32H42N4O6. The van der Waals surface area contributed by atoms with E-state index in [0.29, 0.717) is 29.5 Å². The molecule has 10 heteroatoms. The number of amides is 2. The van der Waals surface area contributed by atoms with Gasteiger partial charge in [0.15, 0.2) is 0 Å². The molecule has 1 saturated heterocycles.